The Morgan fingerprint density at radius 1 is 1.21 bits per heavy atom. The lowest BCUT2D eigenvalue weighted by molar-refractivity contribution is 0.215. The largest absolute Gasteiger partial charge is 0.355 e. The van der Waals surface area contributed by atoms with E-state index in [4.69, 9.17) is 0 Å². The summed E-state index contributed by atoms with van der Waals surface area (Å²) in [7, 11) is 1.84. The van der Waals surface area contributed by atoms with Gasteiger partial charge in [0.25, 0.3) is 0 Å². The normalized spacial score (nSPS) is 18.3. The van der Waals surface area contributed by atoms with Crippen molar-refractivity contribution in [3.05, 3.63) is 0 Å². The third-order valence-electron chi connectivity index (χ3n) is 3.93. The van der Waals surface area contributed by atoms with Crippen LogP contribution in [-0.2, 0) is 0 Å². The molecule has 0 spiro atoms. The molecule has 0 aromatic carbocycles. The second-order valence-electron chi connectivity index (χ2n) is 6.24. The molecule has 0 aromatic rings. The van der Waals surface area contributed by atoms with Crippen molar-refractivity contribution in [3.8, 4) is 0 Å². The summed E-state index contributed by atoms with van der Waals surface area (Å²) < 4.78 is 0. The second-order valence-corrected chi connectivity index (χ2v) is 6.24. The molecular formula is C15H32N4. The van der Waals surface area contributed by atoms with E-state index in [-0.39, 0.29) is 0 Å². The first-order valence-electron chi connectivity index (χ1n) is 7.68. The van der Waals surface area contributed by atoms with Gasteiger partial charge in [-0.3, -0.25) is 9.89 Å². The van der Waals surface area contributed by atoms with E-state index >= 15 is 0 Å². The predicted molar refractivity (Wildman–Crippen MR) is 83.7 cm³/mol. The summed E-state index contributed by atoms with van der Waals surface area (Å²) in [5.41, 5.74) is 0. The van der Waals surface area contributed by atoms with Crippen LogP contribution in [0.4, 0.5) is 0 Å². The van der Waals surface area contributed by atoms with E-state index in [1.165, 1.54) is 12.8 Å². The van der Waals surface area contributed by atoms with Crippen LogP contribution in [-0.4, -0.2) is 49.1 Å². The quantitative estimate of drug-likeness (QED) is 0.548. The molecule has 0 bridgehead atoms. The molecule has 0 aromatic heterocycles. The molecule has 0 radical (unpaired) electrons. The number of hydrogen-bond donors (Lipinski definition) is 2. The van der Waals surface area contributed by atoms with Gasteiger partial charge in [-0.05, 0) is 39.5 Å². The fraction of sp³-hybridized carbons (Fsp3) is 0.933. The van der Waals surface area contributed by atoms with Gasteiger partial charge in [0, 0.05) is 38.3 Å². The van der Waals surface area contributed by atoms with Gasteiger partial charge >= 0.3 is 0 Å². The highest BCUT2D eigenvalue weighted by Gasteiger charge is 2.30. The van der Waals surface area contributed by atoms with Crippen LogP contribution in [0.5, 0.6) is 0 Å². The summed E-state index contributed by atoms with van der Waals surface area (Å²) in [4.78, 5) is 6.88. The summed E-state index contributed by atoms with van der Waals surface area (Å²) >= 11 is 0. The Bertz CT molecular complexity index is 280. The molecule has 4 nitrogen and oxygen atoms in total. The average molecular weight is 268 g/mol. The molecule has 0 amide bonds. The summed E-state index contributed by atoms with van der Waals surface area (Å²) in [6, 6.07) is 1.90. The van der Waals surface area contributed by atoms with Crippen LogP contribution in [0, 0.1) is 5.92 Å². The molecule has 19 heavy (non-hydrogen) atoms. The maximum absolute atomic E-state index is 4.29. The number of aliphatic imine (C=N–C) groups is 1. The molecular weight excluding hydrogens is 236 g/mol. The topological polar surface area (TPSA) is 39.7 Å². The van der Waals surface area contributed by atoms with Gasteiger partial charge in [-0.15, -0.1) is 0 Å². The molecule has 0 aliphatic heterocycles. The van der Waals surface area contributed by atoms with Crippen LogP contribution in [0.15, 0.2) is 4.99 Å². The molecule has 1 fully saturated rings. The van der Waals surface area contributed by atoms with Crippen molar-refractivity contribution in [2.45, 2.75) is 65.6 Å². The molecule has 0 heterocycles. The van der Waals surface area contributed by atoms with E-state index < -0.39 is 0 Å². The number of guanidine groups is 1. The van der Waals surface area contributed by atoms with Gasteiger partial charge in [0.1, 0.15) is 0 Å². The van der Waals surface area contributed by atoms with Gasteiger partial charge in [0.2, 0.25) is 0 Å². The first kappa shape index (κ1) is 16.3. The van der Waals surface area contributed by atoms with Crippen LogP contribution < -0.4 is 10.6 Å². The van der Waals surface area contributed by atoms with E-state index in [2.05, 4.69) is 55.1 Å². The van der Waals surface area contributed by atoms with Crippen molar-refractivity contribution in [2.75, 3.05) is 20.1 Å². The summed E-state index contributed by atoms with van der Waals surface area (Å²) in [5, 5.41) is 6.85. The van der Waals surface area contributed by atoms with Gasteiger partial charge in [-0.2, -0.15) is 0 Å². The van der Waals surface area contributed by atoms with Crippen molar-refractivity contribution in [2.24, 2.45) is 10.9 Å². The van der Waals surface area contributed by atoms with Gasteiger partial charge < -0.3 is 10.6 Å². The van der Waals surface area contributed by atoms with E-state index in [9.17, 15) is 0 Å². The lowest BCUT2D eigenvalue weighted by atomic mass is 10.1. The maximum Gasteiger partial charge on any atom is 0.191 e. The summed E-state index contributed by atoms with van der Waals surface area (Å²) in [6.45, 7) is 13.3. The Morgan fingerprint density at radius 3 is 2.26 bits per heavy atom. The zero-order chi connectivity index (χ0) is 14.4. The maximum atomic E-state index is 4.29. The molecule has 112 valence electrons. The smallest absolute Gasteiger partial charge is 0.191 e. The van der Waals surface area contributed by atoms with E-state index in [0.29, 0.717) is 18.0 Å². The number of hydrogen-bond acceptors (Lipinski definition) is 2. The number of rotatable bonds is 7. The minimum Gasteiger partial charge on any atom is -0.355 e. The Labute approximate surface area is 119 Å². The first-order chi connectivity index (χ1) is 8.95. The Hall–Kier alpha value is -0.770. The van der Waals surface area contributed by atoms with Crippen LogP contribution in [0.3, 0.4) is 0 Å². The monoisotopic (exact) mass is 268 g/mol. The van der Waals surface area contributed by atoms with Crippen molar-refractivity contribution in [3.63, 3.8) is 0 Å². The van der Waals surface area contributed by atoms with Gasteiger partial charge in [-0.1, -0.05) is 13.8 Å². The van der Waals surface area contributed by atoms with Crippen LogP contribution in [0.25, 0.3) is 0 Å². The highest BCUT2D eigenvalue weighted by Crippen LogP contribution is 2.27. The SMILES string of the molecule is CN=C(NCCN(C(C)C)C1CC1)NC(C)C(C)C. The zero-order valence-corrected chi connectivity index (χ0v) is 13.5. The van der Waals surface area contributed by atoms with Gasteiger partial charge in [0.15, 0.2) is 5.96 Å². The Kier molecular flexibility index (Phi) is 6.63. The molecule has 1 aliphatic rings. The highest BCUT2D eigenvalue weighted by molar-refractivity contribution is 5.79. The number of nitrogens with one attached hydrogen (secondary N) is 2. The summed E-state index contributed by atoms with van der Waals surface area (Å²) in [5.74, 6) is 1.53. The molecule has 1 atom stereocenters. The van der Waals surface area contributed by atoms with Crippen LogP contribution in [0.2, 0.25) is 0 Å². The first-order valence-corrected chi connectivity index (χ1v) is 7.68. The average Bonchev–Trinajstić information content (AvgIpc) is 3.16. The van der Waals surface area contributed by atoms with Gasteiger partial charge in [-0.25, -0.2) is 0 Å². The summed E-state index contributed by atoms with van der Waals surface area (Å²) in [6.07, 6.45) is 2.74. The fourth-order valence-corrected chi connectivity index (χ4v) is 2.15. The molecule has 1 rings (SSSR count). The molecule has 2 N–H and O–H groups in total. The highest BCUT2D eigenvalue weighted by atomic mass is 15.2. The molecule has 0 saturated heterocycles. The fourth-order valence-electron chi connectivity index (χ4n) is 2.15. The lowest BCUT2D eigenvalue weighted by Crippen LogP contribution is -2.47. The predicted octanol–water partition coefficient (Wildman–Crippen LogP) is 2.07. The Morgan fingerprint density at radius 2 is 1.84 bits per heavy atom. The lowest BCUT2D eigenvalue weighted by Gasteiger charge is -2.27. The second kappa shape index (κ2) is 7.73. The molecule has 1 unspecified atom stereocenters. The zero-order valence-electron chi connectivity index (χ0n) is 13.5. The third kappa shape index (κ3) is 5.81. The van der Waals surface area contributed by atoms with Gasteiger partial charge in [0.05, 0.1) is 0 Å². The third-order valence-corrected chi connectivity index (χ3v) is 3.93. The Balaban J connectivity index is 2.29. The minimum absolute atomic E-state index is 0.441. The van der Waals surface area contributed by atoms with Crippen molar-refractivity contribution < 1.29 is 0 Å². The van der Waals surface area contributed by atoms with Crippen LogP contribution >= 0.6 is 0 Å². The minimum atomic E-state index is 0.441. The van der Waals surface area contributed by atoms with E-state index in [1.807, 2.05) is 7.05 Å². The van der Waals surface area contributed by atoms with E-state index in [0.717, 1.165) is 25.1 Å². The van der Waals surface area contributed by atoms with Crippen molar-refractivity contribution >= 4 is 5.96 Å². The molecule has 4 heteroatoms. The van der Waals surface area contributed by atoms with Crippen LogP contribution in [0.1, 0.15) is 47.5 Å². The van der Waals surface area contributed by atoms with Crippen molar-refractivity contribution in [1.29, 1.82) is 0 Å². The molecule has 1 aliphatic carbocycles. The molecule has 1 saturated carbocycles. The van der Waals surface area contributed by atoms with E-state index in [1.54, 1.807) is 0 Å². The standard InChI is InChI=1S/C15H32N4/c1-11(2)13(5)18-15(16-6)17-9-10-19(12(3)4)14-7-8-14/h11-14H,7-10H2,1-6H3,(H2,16,17,18). The number of nitrogens with zero attached hydrogens (tertiary/aromatic N) is 2. The van der Waals surface area contributed by atoms with Crippen molar-refractivity contribution in [1.82, 2.24) is 15.5 Å².